The second-order valence-corrected chi connectivity index (χ2v) is 3.94. The summed E-state index contributed by atoms with van der Waals surface area (Å²) in [6.07, 6.45) is 0. The van der Waals surface area contributed by atoms with Crippen molar-refractivity contribution in [3.8, 4) is 11.3 Å². The summed E-state index contributed by atoms with van der Waals surface area (Å²) in [5.74, 6) is -0.680. The molecule has 0 fully saturated rings. The summed E-state index contributed by atoms with van der Waals surface area (Å²) in [5, 5.41) is 9.68. The van der Waals surface area contributed by atoms with E-state index >= 15 is 0 Å². The number of carbonyl (C=O) groups is 1. The van der Waals surface area contributed by atoms with Crippen LogP contribution in [0.1, 0.15) is 17.4 Å². The van der Waals surface area contributed by atoms with Crippen LogP contribution in [-0.2, 0) is 4.74 Å². The molecule has 106 valence electrons. The van der Waals surface area contributed by atoms with Gasteiger partial charge in [-0.2, -0.15) is 10.3 Å². The normalized spacial score (nSPS) is 11.4. The van der Waals surface area contributed by atoms with Crippen molar-refractivity contribution in [3.05, 3.63) is 30.0 Å². The number of nitrogens with one attached hydrogen (secondary N) is 1. The monoisotopic (exact) mass is 284 g/mol. The number of aromatic nitrogens is 3. The van der Waals surface area contributed by atoms with E-state index in [2.05, 4.69) is 15.4 Å². The van der Waals surface area contributed by atoms with Gasteiger partial charge in [0.25, 0.3) is 0 Å². The molecule has 1 aromatic carbocycles. The molecule has 0 aliphatic carbocycles. The Kier molecular flexibility index (Phi) is 3.78. The lowest BCUT2D eigenvalue weighted by molar-refractivity contribution is 0.0520. The molecule has 0 saturated carbocycles. The number of carbonyl (C=O) groups excluding carboxylic acids is 1. The van der Waals surface area contributed by atoms with Crippen molar-refractivity contribution < 1.29 is 22.5 Å². The van der Waals surface area contributed by atoms with E-state index < -0.39 is 18.4 Å². The molecule has 1 aromatic heterocycles. The van der Waals surface area contributed by atoms with Crippen molar-refractivity contribution in [1.29, 1.82) is 0 Å². The Morgan fingerprint density at radius 3 is 2.45 bits per heavy atom. The zero-order valence-electron chi connectivity index (χ0n) is 10.4. The number of aromatic amines is 1. The number of halogens is 3. The van der Waals surface area contributed by atoms with E-state index in [0.717, 1.165) is 12.1 Å². The lowest BCUT2D eigenvalue weighted by atomic mass is 9.80. The molecule has 5 nitrogen and oxygen atoms in total. The number of nitrogens with zero attached hydrogens (tertiary/aromatic N) is 2. The average Bonchev–Trinajstić information content (AvgIpc) is 2.87. The molecule has 20 heavy (non-hydrogen) atoms. The fourth-order valence-corrected chi connectivity index (χ4v) is 1.63. The minimum Gasteiger partial charge on any atom is -0.461 e. The van der Waals surface area contributed by atoms with E-state index in [-0.39, 0.29) is 18.0 Å². The topological polar surface area (TPSA) is 67.9 Å². The fourth-order valence-electron chi connectivity index (χ4n) is 1.63. The Balaban J connectivity index is 2.33. The summed E-state index contributed by atoms with van der Waals surface area (Å²) in [5.41, 5.74) is -0.262. The third-order valence-corrected chi connectivity index (χ3v) is 2.58. The molecule has 0 unspecified atom stereocenters. The second kappa shape index (κ2) is 5.36. The number of hydrogen-bond donors (Lipinski definition) is 1. The van der Waals surface area contributed by atoms with Crippen molar-refractivity contribution in [2.45, 2.75) is 6.92 Å². The highest BCUT2D eigenvalue weighted by Crippen LogP contribution is 2.20. The summed E-state index contributed by atoms with van der Waals surface area (Å²) < 4.78 is 42.4. The first-order chi connectivity index (χ1) is 9.43. The summed E-state index contributed by atoms with van der Waals surface area (Å²) in [6, 6.07) is 4.37. The Bertz CT molecular complexity index is 610. The molecule has 1 N–H and O–H groups in total. The van der Waals surface area contributed by atoms with Crippen LogP contribution in [0.4, 0.5) is 12.9 Å². The van der Waals surface area contributed by atoms with Gasteiger partial charge >= 0.3 is 12.9 Å². The standard InChI is InChI=1S/C11H10BF3N3O2/c1-2-20-11(19)10-9(16-18-17-10)7-3-5-8(6-4-7)12(13,14)15/h3-6H,2H2,1H3,(H,16,17,18)/q-1. The van der Waals surface area contributed by atoms with E-state index in [1.807, 2.05) is 0 Å². The maximum Gasteiger partial charge on any atom is 0.509 e. The fraction of sp³-hybridized carbons (Fsp3) is 0.182. The molecule has 0 bridgehead atoms. The Morgan fingerprint density at radius 1 is 1.25 bits per heavy atom. The first-order valence-electron chi connectivity index (χ1n) is 5.81. The number of ether oxygens (including phenoxy) is 1. The SMILES string of the molecule is CCOC(=O)c1n[nH]nc1-c1ccc([B-](F)(F)F)cc1. The Labute approximate surface area is 112 Å². The van der Waals surface area contributed by atoms with Gasteiger partial charge in [0.2, 0.25) is 0 Å². The highest BCUT2D eigenvalue weighted by Gasteiger charge is 2.25. The first kappa shape index (κ1) is 14.1. The number of H-pyrrole nitrogens is 1. The zero-order chi connectivity index (χ0) is 14.8. The van der Waals surface area contributed by atoms with E-state index in [0.29, 0.717) is 5.56 Å². The molecule has 0 saturated heterocycles. The van der Waals surface area contributed by atoms with Crippen molar-refractivity contribution >= 4 is 18.4 Å². The second-order valence-electron chi connectivity index (χ2n) is 3.94. The molecule has 0 spiro atoms. The first-order valence-corrected chi connectivity index (χ1v) is 5.81. The maximum atomic E-state index is 12.5. The molecule has 0 aliphatic rings. The van der Waals surface area contributed by atoms with Gasteiger partial charge in [-0.1, -0.05) is 24.3 Å². The molecule has 2 aromatic rings. The number of rotatable bonds is 4. The van der Waals surface area contributed by atoms with Gasteiger partial charge in [-0.15, -0.1) is 10.6 Å². The van der Waals surface area contributed by atoms with Gasteiger partial charge in [0.15, 0.2) is 5.69 Å². The Morgan fingerprint density at radius 2 is 1.90 bits per heavy atom. The van der Waals surface area contributed by atoms with Crippen LogP contribution in [0.25, 0.3) is 11.3 Å². The van der Waals surface area contributed by atoms with Gasteiger partial charge in [-0.25, -0.2) is 4.79 Å². The highest BCUT2D eigenvalue weighted by atomic mass is 19.4. The average molecular weight is 284 g/mol. The summed E-state index contributed by atoms with van der Waals surface area (Å²) in [4.78, 5) is 11.6. The van der Waals surface area contributed by atoms with Gasteiger partial charge in [-0.05, 0) is 6.92 Å². The Hall–Kier alpha value is -2.32. The molecule has 2 rings (SSSR count). The number of hydrogen-bond acceptors (Lipinski definition) is 4. The third-order valence-electron chi connectivity index (χ3n) is 2.58. The smallest absolute Gasteiger partial charge is 0.461 e. The van der Waals surface area contributed by atoms with Crippen LogP contribution in [0.15, 0.2) is 24.3 Å². The molecule has 1 heterocycles. The summed E-state index contributed by atoms with van der Waals surface area (Å²) >= 11 is 0. The molecule has 0 atom stereocenters. The van der Waals surface area contributed by atoms with Crippen LogP contribution >= 0.6 is 0 Å². The lowest BCUT2D eigenvalue weighted by Gasteiger charge is -2.14. The third kappa shape index (κ3) is 2.81. The van der Waals surface area contributed by atoms with Gasteiger partial charge < -0.3 is 17.7 Å². The van der Waals surface area contributed by atoms with E-state index in [9.17, 15) is 17.7 Å². The lowest BCUT2D eigenvalue weighted by Crippen LogP contribution is -2.33. The molecular weight excluding hydrogens is 274 g/mol. The summed E-state index contributed by atoms with van der Waals surface area (Å²) in [6.45, 7) is -3.24. The van der Waals surface area contributed by atoms with Gasteiger partial charge in [-0.3, -0.25) is 0 Å². The van der Waals surface area contributed by atoms with Crippen LogP contribution in [-0.4, -0.2) is 35.0 Å². The molecule has 0 aliphatic heterocycles. The minimum absolute atomic E-state index is 0.0582. The molecule has 0 radical (unpaired) electrons. The van der Waals surface area contributed by atoms with Crippen LogP contribution in [0.3, 0.4) is 0 Å². The van der Waals surface area contributed by atoms with Crippen LogP contribution < -0.4 is 5.46 Å². The van der Waals surface area contributed by atoms with E-state index in [4.69, 9.17) is 4.74 Å². The van der Waals surface area contributed by atoms with Gasteiger partial charge in [0, 0.05) is 5.56 Å². The van der Waals surface area contributed by atoms with Crippen LogP contribution in [0, 0.1) is 0 Å². The van der Waals surface area contributed by atoms with Gasteiger partial charge in [0.05, 0.1) is 6.61 Å². The van der Waals surface area contributed by atoms with Gasteiger partial charge in [0.1, 0.15) is 5.69 Å². The van der Waals surface area contributed by atoms with Crippen molar-refractivity contribution in [1.82, 2.24) is 15.4 Å². The molecule has 9 heteroatoms. The molecule has 0 amide bonds. The van der Waals surface area contributed by atoms with Crippen molar-refractivity contribution in [2.75, 3.05) is 6.61 Å². The zero-order valence-corrected chi connectivity index (χ0v) is 10.4. The maximum absolute atomic E-state index is 12.5. The van der Waals surface area contributed by atoms with Crippen LogP contribution in [0.5, 0.6) is 0 Å². The van der Waals surface area contributed by atoms with Crippen molar-refractivity contribution in [2.24, 2.45) is 0 Å². The highest BCUT2D eigenvalue weighted by molar-refractivity contribution is 6.73. The van der Waals surface area contributed by atoms with Crippen molar-refractivity contribution in [3.63, 3.8) is 0 Å². The quantitative estimate of drug-likeness (QED) is 0.685. The largest absolute Gasteiger partial charge is 0.509 e. The van der Waals surface area contributed by atoms with E-state index in [1.54, 1.807) is 6.92 Å². The number of esters is 1. The minimum atomic E-state index is -5.05. The van der Waals surface area contributed by atoms with Crippen LogP contribution in [0.2, 0.25) is 0 Å². The predicted octanol–water partition coefficient (Wildman–Crippen LogP) is 1.70. The predicted molar refractivity (Wildman–Crippen MR) is 66.5 cm³/mol. The van der Waals surface area contributed by atoms with E-state index in [1.165, 1.54) is 12.1 Å². The molecular formula is C11H10BF3N3O2-. The summed E-state index contributed by atoms with van der Waals surface area (Å²) in [7, 11) is 0. The number of benzene rings is 1.